The molecular weight excluding hydrogens is 316 g/mol. The van der Waals surface area contributed by atoms with Crippen molar-refractivity contribution in [2.45, 2.75) is 6.10 Å². The van der Waals surface area contributed by atoms with Gasteiger partial charge in [-0.25, -0.2) is 0 Å². The summed E-state index contributed by atoms with van der Waals surface area (Å²) in [6.45, 7) is 1.70. The van der Waals surface area contributed by atoms with Crippen LogP contribution < -0.4 is 4.74 Å². The van der Waals surface area contributed by atoms with Gasteiger partial charge in [0.1, 0.15) is 17.5 Å². The van der Waals surface area contributed by atoms with E-state index in [2.05, 4.69) is 4.98 Å². The summed E-state index contributed by atoms with van der Waals surface area (Å²) >= 11 is 0. The number of carbonyl (C=O) groups excluding carboxylic acids is 1. The molecule has 0 unspecified atom stereocenters. The molecule has 1 aromatic heterocycles. The first kappa shape index (κ1) is 15.7. The van der Waals surface area contributed by atoms with Crippen molar-refractivity contribution in [1.29, 1.82) is 0 Å². The predicted octanol–water partition coefficient (Wildman–Crippen LogP) is 3.39. The fraction of sp³-hybridized carbons (Fsp3) is 0.250. The lowest BCUT2D eigenvalue weighted by Crippen LogP contribution is -2.42. The average molecular weight is 336 g/mol. The Balaban J connectivity index is 1.56. The molecule has 2 heterocycles. The molecule has 0 saturated carbocycles. The van der Waals surface area contributed by atoms with Crippen LogP contribution in [-0.2, 0) is 4.74 Å². The van der Waals surface area contributed by atoms with E-state index < -0.39 is 0 Å². The van der Waals surface area contributed by atoms with Crippen LogP contribution in [0.5, 0.6) is 5.75 Å². The molecule has 1 aliphatic rings. The van der Waals surface area contributed by atoms with Gasteiger partial charge < -0.3 is 19.4 Å². The molecule has 0 aliphatic carbocycles. The minimum absolute atomic E-state index is 0.000557. The van der Waals surface area contributed by atoms with Crippen molar-refractivity contribution in [3.63, 3.8) is 0 Å². The number of methoxy groups -OCH3 is 1. The fourth-order valence-electron chi connectivity index (χ4n) is 3.22. The Morgan fingerprint density at radius 3 is 2.84 bits per heavy atom. The van der Waals surface area contributed by atoms with E-state index in [1.54, 1.807) is 7.11 Å². The van der Waals surface area contributed by atoms with Crippen LogP contribution in [0.2, 0.25) is 0 Å². The molecule has 4 rings (SSSR count). The monoisotopic (exact) mass is 336 g/mol. The fourth-order valence-corrected chi connectivity index (χ4v) is 3.22. The molecule has 0 radical (unpaired) electrons. The first-order valence-corrected chi connectivity index (χ1v) is 8.37. The van der Waals surface area contributed by atoms with Crippen molar-refractivity contribution in [3.8, 4) is 5.75 Å². The van der Waals surface area contributed by atoms with Crippen molar-refractivity contribution in [3.05, 3.63) is 65.9 Å². The molecule has 1 aliphatic heterocycles. The molecule has 1 atom stereocenters. The summed E-state index contributed by atoms with van der Waals surface area (Å²) in [6, 6.07) is 17.7. The molecule has 25 heavy (non-hydrogen) atoms. The van der Waals surface area contributed by atoms with Crippen molar-refractivity contribution in [2.75, 3.05) is 26.8 Å². The van der Waals surface area contributed by atoms with Gasteiger partial charge in [-0.3, -0.25) is 4.79 Å². The van der Waals surface area contributed by atoms with E-state index in [1.165, 1.54) is 0 Å². The number of hydrogen-bond acceptors (Lipinski definition) is 3. The third-order valence-corrected chi connectivity index (χ3v) is 4.59. The Morgan fingerprint density at radius 2 is 2.04 bits per heavy atom. The molecule has 1 fully saturated rings. The Kier molecular flexibility index (Phi) is 4.15. The molecule has 0 bridgehead atoms. The summed E-state index contributed by atoms with van der Waals surface area (Å²) in [5.74, 6) is 0.767. The number of aromatic nitrogens is 1. The number of rotatable bonds is 3. The maximum absolute atomic E-state index is 12.9. The molecule has 2 aromatic carbocycles. The summed E-state index contributed by atoms with van der Waals surface area (Å²) < 4.78 is 11.1. The molecule has 5 nitrogen and oxygen atoms in total. The van der Waals surface area contributed by atoms with Gasteiger partial charge in [-0.1, -0.05) is 30.3 Å². The molecule has 0 spiro atoms. The van der Waals surface area contributed by atoms with Gasteiger partial charge in [0, 0.05) is 23.5 Å². The highest BCUT2D eigenvalue weighted by atomic mass is 16.5. The number of nitrogens with one attached hydrogen (secondary N) is 1. The molecular formula is C20H20N2O3. The molecule has 1 amide bonds. The lowest BCUT2D eigenvalue weighted by molar-refractivity contribution is -0.0229. The summed E-state index contributed by atoms with van der Waals surface area (Å²) in [4.78, 5) is 18.0. The number of benzene rings is 2. The van der Waals surface area contributed by atoms with Gasteiger partial charge in [0.05, 0.1) is 20.3 Å². The lowest BCUT2D eigenvalue weighted by atomic mass is 10.1. The van der Waals surface area contributed by atoms with Gasteiger partial charge in [-0.15, -0.1) is 0 Å². The topological polar surface area (TPSA) is 54.6 Å². The van der Waals surface area contributed by atoms with Crippen LogP contribution in [0.15, 0.2) is 54.6 Å². The maximum atomic E-state index is 12.9. The third-order valence-electron chi connectivity index (χ3n) is 4.59. The minimum atomic E-state index is -0.0802. The van der Waals surface area contributed by atoms with Crippen molar-refractivity contribution in [2.24, 2.45) is 0 Å². The number of fused-ring (bicyclic) bond motifs is 1. The molecule has 1 saturated heterocycles. The first-order valence-electron chi connectivity index (χ1n) is 8.37. The summed E-state index contributed by atoms with van der Waals surface area (Å²) in [5.41, 5.74) is 2.59. The highest BCUT2D eigenvalue weighted by molar-refractivity contribution is 5.98. The SMILES string of the molecule is COc1ccc2cc(C(=O)N3CCO[C@@H](c4ccccc4)C3)[nH]c2c1. The second kappa shape index (κ2) is 6.61. The maximum Gasteiger partial charge on any atom is 0.270 e. The largest absolute Gasteiger partial charge is 0.497 e. The van der Waals surface area contributed by atoms with Crippen LogP contribution in [0.1, 0.15) is 22.2 Å². The van der Waals surface area contributed by atoms with E-state index in [0.29, 0.717) is 25.4 Å². The molecule has 5 heteroatoms. The van der Waals surface area contributed by atoms with Gasteiger partial charge >= 0.3 is 0 Å². The zero-order valence-corrected chi connectivity index (χ0v) is 14.1. The second-order valence-electron chi connectivity index (χ2n) is 6.16. The van der Waals surface area contributed by atoms with Gasteiger partial charge in [0.2, 0.25) is 0 Å². The lowest BCUT2D eigenvalue weighted by Gasteiger charge is -2.33. The number of ether oxygens (including phenoxy) is 2. The minimum Gasteiger partial charge on any atom is -0.497 e. The molecule has 1 N–H and O–H groups in total. The van der Waals surface area contributed by atoms with E-state index in [0.717, 1.165) is 22.2 Å². The second-order valence-corrected chi connectivity index (χ2v) is 6.16. The van der Waals surface area contributed by atoms with Crippen molar-refractivity contribution >= 4 is 16.8 Å². The van der Waals surface area contributed by atoms with Crippen LogP contribution in [-0.4, -0.2) is 42.6 Å². The zero-order valence-electron chi connectivity index (χ0n) is 14.1. The van der Waals surface area contributed by atoms with Crippen LogP contribution in [0, 0.1) is 0 Å². The number of morpholine rings is 1. The van der Waals surface area contributed by atoms with E-state index in [-0.39, 0.29) is 12.0 Å². The quantitative estimate of drug-likeness (QED) is 0.798. The number of nitrogens with zero attached hydrogens (tertiary/aromatic N) is 1. The van der Waals surface area contributed by atoms with E-state index in [4.69, 9.17) is 9.47 Å². The Hall–Kier alpha value is -2.79. The van der Waals surface area contributed by atoms with Gasteiger partial charge in [-0.05, 0) is 23.8 Å². The average Bonchev–Trinajstić information content (AvgIpc) is 3.11. The van der Waals surface area contributed by atoms with Gasteiger partial charge in [0.25, 0.3) is 5.91 Å². The Bertz CT molecular complexity index is 888. The number of hydrogen-bond donors (Lipinski definition) is 1. The first-order chi connectivity index (χ1) is 12.2. The number of carbonyl (C=O) groups is 1. The summed E-state index contributed by atoms with van der Waals surface area (Å²) in [5, 5.41) is 0.997. The summed E-state index contributed by atoms with van der Waals surface area (Å²) in [6.07, 6.45) is -0.0802. The Morgan fingerprint density at radius 1 is 1.20 bits per heavy atom. The van der Waals surface area contributed by atoms with E-state index in [9.17, 15) is 4.79 Å². The van der Waals surface area contributed by atoms with E-state index in [1.807, 2.05) is 59.5 Å². The smallest absolute Gasteiger partial charge is 0.270 e. The van der Waals surface area contributed by atoms with Crippen LogP contribution in [0.3, 0.4) is 0 Å². The van der Waals surface area contributed by atoms with Crippen LogP contribution >= 0.6 is 0 Å². The van der Waals surface area contributed by atoms with Gasteiger partial charge in [-0.2, -0.15) is 0 Å². The van der Waals surface area contributed by atoms with Crippen LogP contribution in [0.25, 0.3) is 10.9 Å². The highest BCUT2D eigenvalue weighted by Crippen LogP contribution is 2.25. The summed E-state index contributed by atoms with van der Waals surface area (Å²) in [7, 11) is 1.63. The van der Waals surface area contributed by atoms with Crippen LogP contribution in [0.4, 0.5) is 0 Å². The van der Waals surface area contributed by atoms with Gasteiger partial charge in [0.15, 0.2) is 0 Å². The zero-order chi connectivity index (χ0) is 17.2. The standard InChI is InChI=1S/C20H20N2O3/c1-24-16-8-7-15-11-18(21-17(15)12-16)20(23)22-9-10-25-19(13-22)14-5-3-2-4-6-14/h2-8,11-12,19,21H,9-10,13H2,1H3/t19-/m1/s1. The molecule has 3 aromatic rings. The number of amides is 1. The van der Waals surface area contributed by atoms with Crippen molar-refractivity contribution in [1.82, 2.24) is 9.88 Å². The van der Waals surface area contributed by atoms with Crippen molar-refractivity contribution < 1.29 is 14.3 Å². The van der Waals surface area contributed by atoms with E-state index >= 15 is 0 Å². The number of H-pyrrole nitrogens is 1. The Labute approximate surface area is 146 Å². The highest BCUT2D eigenvalue weighted by Gasteiger charge is 2.26. The normalized spacial score (nSPS) is 17.6. The predicted molar refractivity (Wildman–Crippen MR) is 95.9 cm³/mol. The number of aromatic amines is 1. The molecule has 128 valence electrons. The third kappa shape index (κ3) is 3.10.